The Bertz CT molecular complexity index is 920. The molecule has 0 unspecified atom stereocenters. The fraction of sp³-hybridized carbons (Fsp3) is 0.560. The number of alkyl carbamates (subject to hydrolysis) is 1. The number of aliphatic hydroxyl groups excluding tert-OH is 1. The van der Waals surface area contributed by atoms with Gasteiger partial charge in [-0.3, -0.25) is 9.59 Å². The van der Waals surface area contributed by atoms with E-state index < -0.39 is 35.8 Å². The number of carbonyl (C=O) groups is 2. The van der Waals surface area contributed by atoms with Gasteiger partial charge in [-0.15, -0.1) is 0 Å². The first kappa shape index (κ1) is 25.6. The van der Waals surface area contributed by atoms with Crippen LogP contribution in [-0.2, 0) is 9.53 Å². The van der Waals surface area contributed by atoms with Gasteiger partial charge in [0.05, 0.1) is 6.04 Å². The molecule has 0 aliphatic heterocycles. The molecule has 0 radical (unpaired) electrons. The lowest BCUT2D eigenvalue weighted by Crippen LogP contribution is -2.53. The quantitative estimate of drug-likeness (QED) is 0.547. The van der Waals surface area contributed by atoms with Crippen LogP contribution in [0.2, 0.25) is 0 Å². The van der Waals surface area contributed by atoms with E-state index in [4.69, 9.17) is 4.74 Å². The minimum absolute atomic E-state index is 0.139. The molecule has 2 aromatic rings. The van der Waals surface area contributed by atoms with Crippen molar-refractivity contribution in [2.75, 3.05) is 0 Å². The van der Waals surface area contributed by atoms with E-state index in [0.29, 0.717) is 17.5 Å². The van der Waals surface area contributed by atoms with Crippen LogP contribution in [0.4, 0.5) is 4.79 Å². The van der Waals surface area contributed by atoms with Crippen LogP contribution in [-0.4, -0.2) is 34.8 Å². The number of benzene rings is 1. The van der Waals surface area contributed by atoms with Crippen molar-refractivity contribution >= 4 is 12.0 Å². The van der Waals surface area contributed by atoms with Crippen LogP contribution in [0.1, 0.15) is 66.6 Å². The van der Waals surface area contributed by atoms with Crippen LogP contribution >= 0.6 is 0 Å². The van der Waals surface area contributed by atoms with E-state index in [9.17, 15) is 19.5 Å². The summed E-state index contributed by atoms with van der Waals surface area (Å²) in [6, 6.07) is 7.65. The van der Waals surface area contributed by atoms with Crippen molar-refractivity contribution in [2.45, 2.75) is 78.7 Å². The standard InChI is InChI=1S/C25H36N2O5/c1-14(2)13-17(26-24(31)32-25(5,6)7)23(30)27-20(15(3)4)22(29)19-18(21(19)28)16-11-9-8-10-12-16/h8-12,14-15,17,20,22,29H,13H2,1-7H3,(H,26,31)(H,27,30)/t17-,20-,22+/m0/s1. The summed E-state index contributed by atoms with van der Waals surface area (Å²) in [5.74, 6) is -0.425. The van der Waals surface area contributed by atoms with Crippen LogP contribution in [0.15, 0.2) is 35.1 Å². The zero-order chi connectivity index (χ0) is 24.2. The third-order valence-electron chi connectivity index (χ3n) is 5.12. The molecular formula is C25H36N2O5. The monoisotopic (exact) mass is 444 g/mol. The first-order chi connectivity index (χ1) is 14.8. The van der Waals surface area contributed by atoms with Crippen molar-refractivity contribution in [3.05, 3.63) is 46.1 Å². The number of rotatable bonds is 9. The number of aliphatic hydroxyl groups is 1. The third kappa shape index (κ3) is 6.92. The number of carbonyl (C=O) groups excluding carboxylic acids is 2. The van der Waals surface area contributed by atoms with Crippen LogP contribution in [0.5, 0.6) is 0 Å². The van der Waals surface area contributed by atoms with Gasteiger partial charge >= 0.3 is 6.09 Å². The van der Waals surface area contributed by atoms with Crippen molar-refractivity contribution in [1.82, 2.24) is 10.6 Å². The molecule has 32 heavy (non-hydrogen) atoms. The zero-order valence-electron chi connectivity index (χ0n) is 20.1. The van der Waals surface area contributed by atoms with Gasteiger partial charge in [-0.05, 0) is 44.6 Å². The summed E-state index contributed by atoms with van der Waals surface area (Å²) in [6.45, 7) is 12.9. The minimum atomic E-state index is -1.14. The average Bonchev–Trinajstić information content (AvgIpc) is 3.34. The fourth-order valence-corrected chi connectivity index (χ4v) is 3.56. The van der Waals surface area contributed by atoms with Crippen molar-refractivity contribution in [3.8, 4) is 11.1 Å². The lowest BCUT2D eigenvalue weighted by molar-refractivity contribution is -0.125. The Morgan fingerprint density at radius 3 is 2.12 bits per heavy atom. The van der Waals surface area contributed by atoms with Crippen molar-refractivity contribution in [2.24, 2.45) is 11.8 Å². The van der Waals surface area contributed by atoms with Crippen LogP contribution in [0, 0.1) is 11.8 Å². The number of hydrogen-bond donors (Lipinski definition) is 3. The highest BCUT2D eigenvalue weighted by molar-refractivity contribution is 5.86. The largest absolute Gasteiger partial charge is 0.444 e. The molecule has 176 valence electrons. The first-order valence-electron chi connectivity index (χ1n) is 11.1. The van der Waals surface area contributed by atoms with E-state index in [1.54, 1.807) is 20.8 Å². The van der Waals surface area contributed by atoms with Gasteiger partial charge in [-0.1, -0.05) is 58.0 Å². The molecule has 3 N–H and O–H groups in total. The highest BCUT2D eigenvalue weighted by Gasteiger charge is 2.37. The molecule has 7 heteroatoms. The van der Waals surface area contributed by atoms with E-state index in [0.717, 1.165) is 5.56 Å². The Morgan fingerprint density at radius 1 is 1.03 bits per heavy atom. The molecule has 0 heterocycles. The molecule has 0 bridgehead atoms. The van der Waals surface area contributed by atoms with Crippen LogP contribution < -0.4 is 16.1 Å². The van der Waals surface area contributed by atoms with E-state index in [1.165, 1.54) is 0 Å². The molecule has 0 fully saturated rings. The van der Waals surface area contributed by atoms with Gasteiger partial charge in [0.1, 0.15) is 17.7 Å². The summed E-state index contributed by atoms with van der Waals surface area (Å²) >= 11 is 0. The van der Waals surface area contributed by atoms with Crippen molar-refractivity contribution < 1.29 is 19.4 Å². The predicted molar refractivity (Wildman–Crippen MR) is 125 cm³/mol. The van der Waals surface area contributed by atoms with Crippen LogP contribution in [0.3, 0.4) is 0 Å². The van der Waals surface area contributed by atoms with Gasteiger partial charge in [0.2, 0.25) is 5.91 Å². The average molecular weight is 445 g/mol. The van der Waals surface area contributed by atoms with E-state index in [2.05, 4.69) is 10.6 Å². The SMILES string of the molecule is CC(C)C[C@H](NC(=O)OC(C)(C)C)C(=O)N[C@@H](C(C)C)[C@H](O)c1c(-c2ccccc2)c1=O. The summed E-state index contributed by atoms with van der Waals surface area (Å²) in [5, 5.41) is 16.5. The number of nitrogens with one attached hydrogen (secondary N) is 2. The molecule has 2 aromatic carbocycles. The molecule has 3 atom stereocenters. The second-order valence-electron chi connectivity index (χ2n) is 10.0. The maximum absolute atomic E-state index is 13.1. The topological polar surface area (TPSA) is 105 Å². The summed E-state index contributed by atoms with van der Waals surface area (Å²) < 4.78 is 5.29. The van der Waals surface area contributed by atoms with Crippen molar-refractivity contribution in [1.29, 1.82) is 0 Å². The Morgan fingerprint density at radius 2 is 1.62 bits per heavy atom. The number of ether oxygens (including phenoxy) is 1. The fourth-order valence-electron chi connectivity index (χ4n) is 3.56. The van der Waals surface area contributed by atoms with Gasteiger partial charge in [0.15, 0.2) is 5.43 Å². The first-order valence-corrected chi connectivity index (χ1v) is 11.1. The Hall–Kier alpha value is -2.67. The molecule has 0 saturated carbocycles. The lowest BCUT2D eigenvalue weighted by Gasteiger charge is -2.29. The molecule has 0 aliphatic carbocycles. The molecule has 0 aromatic heterocycles. The van der Waals surface area contributed by atoms with Gasteiger partial charge in [0, 0.05) is 11.1 Å². The Balaban J connectivity index is 2.16. The third-order valence-corrected chi connectivity index (χ3v) is 5.12. The van der Waals surface area contributed by atoms with E-state index in [-0.39, 0.29) is 17.3 Å². The molecule has 0 aliphatic rings. The smallest absolute Gasteiger partial charge is 0.408 e. The lowest BCUT2D eigenvalue weighted by atomic mass is 9.95. The van der Waals surface area contributed by atoms with E-state index >= 15 is 0 Å². The molecule has 0 spiro atoms. The molecule has 0 saturated heterocycles. The number of amides is 2. The molecule has 7 nitrogen and oxygen atoms in total. The Labute approximate surface area is 190 Å². The molecular weight excluding hydrogens is 408 g/mol. The maximum Gasteiger partial charge on any atom is 0.408 e. The highest BCUT2D eigenvalue weighted by atomic mass is 16.6. The summed E-state index contributed by atoms with van der Waals surface area (Å²) in [4.78, 5) is 37.7. The summed E-state index contributed by atoms with van der Waals surface area (Å²) in [7, 11) is 0. The van der Waals surface area contributed by atoms with Gasteiger partial charge in [-0.2, -0.15) is 0 Å². The Kier molecular flexibility index (Phi) is 8.24. The molecule has 2 amide bonds. The van der Waals surface area contributed by atoms with Crippen LogP contribution in [0.25, 0.3) is 11.1 Å². The highest BCUT2D eigenvalue weighted by Crippen LogP contribution is 2.33. The van der Waals surface area contributed by atoms with Gasteiger partial charge in [-0.25, -0.2) is 4.79 Å². The van der Waals surface area contributed by atoms with E-state index in [1.807, 2.05) is 58.0 Å². The maximum atomic E-state index is 13.1. The zero-order valence-corrected chi connectivity index (χ0v) is 20.1. The second kappa shape index (κ2) is 10.3. The molecule has 2 rings (SSSR count). The van der Waals surface area contributed by atoms with Gasteiger partial charge in [0.25, 0.3) is 0 Å². The predicted octanol–water partition coefficient (Wildman–Crippen LogP) is 3.70. The van der Waals surface area contributed by atoms with Crippen molar-refractivity contribution in [3.63, 3.8) is 0 Å². The number of hydrogen-bond acceptors (Lipinski definition) is 5. The minimum Gasteiger partial charge on any atom is -0.444 e. The summed E-state index contributed by atoms with van der Waals surface area (Å²) in [6.07, 6.45) is -1.41. The summed E-state index contributed by atoms with van der Waals surface area (Å²) in [5.41, 5.74) is 0.713. The normalized spacial score (nSPS) is 14.9. The van der Waals surface area contributed by atoms with Gasteiger partial charge < -0.3 is 20.5 Å². The second-order valence-corrected chi connectivity index (χ2v) is 10.0.